The third-order valence-corrected chi connectivity index (χ3v) is 5.18. The van der Waals surface area contributed by atoms with Crippen LogP contribution in [0.25, 0.3) is 0 Å². The third-order valence-electron chi connectivity index (χ3n) is 3.54. The predicted octanol–water partition coefficient (Wildman–Crippen LogP) is 1.76. The lowest BCUT2D eigenvalue weighted by Gasteiger charge is -2.28. The fourth-order valence-corrected chi connectivity index (χ4v) is 3.63. The molecule has 1 saturated carbocycles. The van der Waals surface area contributed by atoms with Crippen molar-refractivity contribution in [2.24, 2.45) is 0 Å². The van der Waals surface area contributed by atoms with Gasteiger partial charge < -0.3 is 5.32 Å². The van der Waals surface area contributed by atoms with E-state index in [1.54, 1.807) is 6.07 Å². The van der Waals surface area contributed by atoms with Crippen molar-refractivity contribution >= 4 is 21.3 Å². The van der Waals surface area contributed by atoms with Crippen LogP contribution in [0.4, 0.5) is 11.5 Å². The van der Waals surface area contributed by atoms with Gasteiger partial charge in [-0.2, -0.15) is 0 Å². The Morgan fingerprint density at radius 2 is 2.15 bits per heavy atom. The molecule has 2 rings (SSSR count). The van der Waals surface area contributed by atoms with Gasteiger partial charge in [0.25, 0.3) is 5.69 Å². The van der Waals surface area contributed by atoms with E-state index in [4.69, 9.17) is 0 Å². The van der Waals surface area contributed by atoms with E-state index in [1.165, 1.54) is 18.5 Å². The maximum absolute atomic E-state index is 11.6. The second-order valence-corrected chi connectivity index (χ2v) is 7.44. The Morgan fingerprint density at radius 1 is 1.40 bits per heavy atom. The molecule has 0 saturated heterocycles. The number of pyridine rings is 1. The first-order valence-corrected chi connectivity index (χ1v) is 8.37. The van der Waals surface area contributed by atoms with Crippen LogP contribution in [-0.2, 0) is 9.84 Å². The fourth-order valence-electron chi connectivity index (χ4n) is 2.45. The van der Waals surface area contributed by atoms with Crippen LogP contribution in [0.15, 0.2) is 18.3 Å². The number of nitrogens with one attached hydrogen (secondary N) is 1. The second kappa shape index (κ2) is 5.74. The average molecular weight is 299 g/mol. The minimum Gasteiger partial charge on any atom is -0.367 e. The number of sulfone groups is 1. The summed E-state index contributed by atoms with van der Waals surface area (Å²) in [6.07, 6.45) is 5.44. The Bertz CT molecular complexity index is 585. The van der Waals surface area contributed by atoms with Gasteiger partial charge in [0.2, 0.25) is 0 Å². The summed E-state index contributed by atoms with van der Waals surface area (Å²) in [5, 5.41) is 13.4. The molecule has 0 aromatic carbocycles. The normalized spacial score (nSPS) is 23.2. The summed E-state index contributed by atoms with van der Waals surface area (Å²) in [5.74, 6) is 0.537. The van der Waals surface area contributed by atoms with Gasteiger partial charge in [-0.1, -0.05) is 6.42 Å². The molecule has 0 unspecified atom stereocenters. The Hall–Kier alpha value is -1.70. The Morgan fingerprint density at radius 3 is 2.70 bits per heavy atom. The molecule has 0 spiro atoms. The van der Waals surface area contributed by atoms with Crippen LogP contribution >= 0.6 is 0 Å². The van der Waals surface area contributed by atoms with Gasteiger partial charge in [-0.25, -0.2) is 13.4 Å². The summed E-state index contributed by atoms with van der Waals surface area (Å²) in [5.41, 5.74) is -0.0618. The molecule has 1 N–H and O–H groups in total. The molecule has 7 nitrogen and oxygen atoms in total. The highest BCUT2D eigenvalue weighted by atomic mass is 32.2. The van der Waals surface area contributed by atoms with Gasteiger partial charge in [0, 0.05) is 18.4 Å². The number of nitro groups is 1. The lowest BCUT2D eigenvalue weighted by Crippen LogP contribution is -2.34. The highest BCUT2D eigenvalue weighted by Crippen LogP contribution is 2.26. The van der Waals surface area contributed by atoms with Crippen molar-refractivity contribution in [1.82, 2.24) is 4.98 Å². The molecule has 0 bridgehead atoms. The summed E-state index contributed by atoms with van der Waals surface area (Å²) in [7, 11) is -3.02. The van der Waals surface area contributed by atoms with E-state index >= 15 is 0 Å². The van der Waals surface area contributed by atoms with E-state index in [0.717, 1.165) is 12.8 Å². The molecule has 0 aliphatic heterocycles. The minimum absolute atomic E-state index is 0.0393. The van der Waals surface area contributed by atoms with Gasteiger partial charge in [0.15, 0.2) is 0 Å². The zero-order valence-electron chi connectivity index (χ0n) is 11.2. The number of aromatic nitrogens is 1. The lowest BCUT2D eigenvalue weighted by molar-refractivity contribution is -0.385. The van der Waals surface area contributed by atoms with Gasteiger partial charge >= 0.3 is 0 Å². The number of rotatable bonds is 4. The van der Waals surface area contributed by atoms with Gasteiger partial charge in [0.1, 0.15) is 21.9 Å². The SMILES string of the molecule is CS(=O)(=O)[C@@H]1CCC[C@H](Nc2ccc([N+](=O)[O-])cn2)C1. The molecule has 1 fully saturated rings. The van der Waals surface area contributed by atoms with Crippen LogP contribution in [0, 0.1) is 10.1 Å². The van der Waals surface area contributed by atoms with Crippen LogP contribution < -0.4 is 5.32 Å². The minimum atomic E-state index is -3.02. The Kier molecular flexibility index (Phi) is 4.22. The first-order chi connectivity index (χ1) is 9.36. The standard InChI is InChI=1S/C12H17N3O4S/c1-20(18,19)11-4-2-3-9(7-11)14-12-6-5-10(8-13-12)15(16)17/h5-6,8-9,11H,2-4,7H2,1H3,(H,13,14)/t9-,11+/m0/s1. The number of nitrogens with zero attached hydrogens (tertiary/aromatic N) is 2. The molecule has 1 aliphatic rings. The zero-order chi connectivity index (χ0) is 14.8. The van der Waals surface area contributed by atoms with E-state index in [9.17, 15) is 18.5 Å². The first kappa shape index (κ1) is 14.7. The van der Waals surface area contributed by atoms with Crippen molar-refractivity contribution in [2.45, 2.75) is 37.0 Å². The summed E-state index contributed by atoms with van der Waals surface area (Å²) in [6, 6.07) is 2.96. The molecule has 20 heavy (non-hydrogen) atoms. The molecule has 0 radical (unpaired) electrons. The van der Waals surface area contributed by atoms with Crippen LogP contribution in [0.2, 0.25) is 0 Å². The maximum atomic E-state index is 11.6. The molecular formula is C12H17N3O4S. The van der Waals surface area contributed by atoms with Crippen molar-refractivity contribution in [3.8, 4) is 0 Å². The molecule has 1 aromatic heterocycles. The van der Waals surface area contributed by atoms with Crippen molar-refractivity contribution in [3.05, 3.63) is 28.4 Å². The van der Waals surface area contributed by atoms with E-state index in [1.807, 2.05) is 0 Å². The maximum Gasteiger partial charge on any atom is 0.287 e. The van der Waals surface area contributed by atoms with Crippen molar-refractivity contribution in [2.75, 3.05) is 11.6 Å². The summed E-state index contributed by atoms with van der Waals surface area (Å²) < 4.78 is 23.2. The van der Waals surface area contributed by atoms with E-state index in [0.29, 0.717) is 18.7 Å². The number of hydrogen-bond acceptors (Lipinski definition) is 6. The molecule has 2 atom stereocenters. The molecule has 1 heterocycles. The molecule has 110 valence electrons. The molecule has 1 aliphatic carbocycles. The number of hydrogen-bond donors (Lipinski definition) is 1. The lowest BCUT2D eigenvalue weighted by atomic mass is 9.95. The van der Waals surface area contributed by atoms with Crippen molar-refractivity contribution < 1.29 is 13.3 Å². The largest absolute Gasteiger partial charge is 0.367 e. The van der Waals surface area contributed by atoms with Crippen molar-refractivity contribution in [3.63, 3.8) is 0 Å². The first-order valence-electron chi connectivity index (χ1n) is 6.42. The highest BCUT2D eigenvalue weighted by molar-refractivity contribution is 7.91. The summed E-state index contributed by atoms with van der Waals surface area (Å²) >= 11 is 0. The predicted molar refractivity (Wildman–Crippen MR) is 75.4 cm³/mol. The fraction of sp³-hybridized carbons (Fsp3) is 0.583. The smallest absolute Gasteiger partial charge is 0.287 e. The van der Waals surface area contributed by atoms with Crippen LogP contribution in [0.1, 0.15) is 25.7 Å². The van der Waals surface area contributed by atoms with Crippen LogP contribution in [0.3, 0.4) is 0 Å². The highest BCUT2D eigenvalue weighted by Gasteiger charge is 2.28. The molecule has 0 amide bonds. The van der Waals surface area contributed by atoms with Crippen LogP contribution in [0.5, 0.6) is 0 Å². The van der Waals surface area contributed by atoms with Gasteiger partial charge in [-0.15, -0.1) is 0 Å². The monoisotopic (exact) mass is 299 g/mol. The Labute approximate surface area is 117 Å². The van der Waals surface area contributed by atoms with Gasteiger partial charge in [0.05, 0.1) is 10.2 Å². The summed E-state index contributed by atoms with van der Waals surface area (Å²) in [4.78, 5) is 14.0. The van der Waals surface area contributed by atoms with Crippen molar-refractivity contribution in [1.29, 1.82) is 0 Å². The van der Waals surface area contributed by atoms with Gasteiger partial charge in [-0.05, 0) is 25.3 Å². The molecular weight excluding hydrogens is 282 g/mol. The van der Waals surface area contributed by atoms with Gasteiger partial charge in [-0.3, -0.25) is 10.1 Å². The topological polar surface area (TPSA) is 102 Å². The van der Waals surface area contributed by atoms with E-state index in [-0.39, 0.29) is 17.0 Å². The second-order valence-electron chi connectivity index (χ2n) is 5.12. The summed E-state index contributed by atoms with van der Waals surface area (Å²) in [6.45, 7) is 0. The zero-order valence-corrected chi connectivity index (χ0v) is 12.0. The quantitative estimate of drug-likeness (QED) is 0.671. The molecule has 1 aromatic rings. The third kappa shape index (κ3) is 3.66. The van der Waals surface area contributed by atoms with E-state index < -0.39 is 14.8 Å². The molecule has 8 heteroatoms. The average Bonchev–Trinajstić information content (AvgIpc) is 2.38. The van der Waals surface area contributed by atoms with Crippen LogP contribution in [-0.4, -0.2) is 35.9 Å². The Balaban J connectivity index is 2.01. The van der Waals surface area contributed by atoms with E-state index in [2.05, 4.69) is 10.3 Å². The number of anilines is 1.